The molecular weight excluding hydrogens is 342 g/mol. The van der Waals surface area contributed by atoms with E-state index in [1.54, 1.807) is 6.26 Å². The summed E-state index contributed by atoms with van der Waals surface area (Å²) in [6, 6.07) is 10.6. The second kappa shape index (κ2) is 8.76. The van der Waals surface area contributed by atoms with Crippen LogP contribution >= 0.6 is 0 Å². The normalized spacial score (nSPS) is 19.2. The Morgan fingerprint density at radius 2 is 1.89 bits per heavy atom. The average molecular weight is 373 g/mol. The largest absolute Gasteiger partial charge is 0.462 e. The first kappa shape index (κ1) is 19.7. The van der Waals surface area contributed by atoms with Crippen LogP contribution in [0.3, 0.4) is 0 Å². The van der Waals surface area contributed by atoms with Gasteiger partial charge in [0.1, 0.15) is 6.26 Å². The lowest BCUT2D eigenvalue weighted by molar-refractivity contribution is -0.135. The number of hydrogen-bond donors (Lipinski definition) is 1. The van der Waals surface area contributed by atoms with Gasteiger partial charge in [-0.15, -0.1) is 0 Å². The maximum Gasteiger partial charge on any atom is 0.229 e. The molecule has 3 rings (SSSR count). The minimum Gasteiger partial charge on any atom is -0.462 e. The first-order chi connectivity index (χ1) is 13.0. The van der Waals surface area contributed by atoms with Crippen LogP contribution in [-0.2, 0) is 20.7 Å². The van der Waals surface area contributed by atoms with Crippen LogP contribution in [0.5, 0.6) is 0 Å². The third-order valence-electron chi connectivity index (χ3n) is 5.38. The van der Waals surface area contributed by atoms with Gasteiger partial charge in [-0.25, -0.2) is 0 Å². The van der Waals surface area contributed by atoms with Crippen molar-refractivity contribution in [1.82, 2.24) is 9.80 Å². The van der Waals surface area contributed by atoms with Crippen molar-refractivity contribution in [3.63, 3.8) is 0 Å². The van der Waals surface area contributed by atoms with E-state index >= 15 is 0 Å². The predicted molar refractivity (Wildman–Crippen MR) is 105 cm³/mol. The lowest BCUT2D eigenvalue weighted by Gasteiger charge is -2.40. The average Bonchev–Trinajstić information content (AvgIpc) is 3.21. The topological polar surface area (TPSA) is 68.0 Å². The molecule has 0 saturated carbocycles. The van der Waals surface area contributed by atoms with E-state index in [1.807, 2.05) is 24.8 Å². The van der Waals surface area contributed by atoms with E-state index in [4.69, 9.17) is 15.2 Å². The predicted octanol–water partition coefficient (Wildman–Crippen LogP) is 1.96. The molecule has 2 N–H and O–H groups in total. The number of carbonyl (C=O) groups excluding carboxylic acids is 1. The fraction of sp³-hybridized carbons (Fsp3) is 0.571. The summed E-state index contributed by atoms with van der Waals surface area (Å²) in [5.41, 5.74) is 6.90. The van der Waals surface area contributed by atoms with Crippen LogP contribution in [-0.4, -0.2) is 61.3 Å². The monoisotopic (exact) mass is 373 g/mol. The molecule has 0 bridgehead atoms. The number of ether oxygens (including phenoxy) is 2. The molecule has 1 atom stereocenters. The smallest absolute Gasteiger partial charge is 0.229 e. The summed E-state index contributed by atoms with van der Waals surface area (Å²) in [5.74, 6) is 1.08. The van der Waals surface area contributed by atoms with Crippen molar-refractivity contribution < 1.29 is 14.3 Å². The van der Waals surface area contributed by atoms with Crippen LogP contribution in [0.15, 0.2) is 42.4 Å². The van der Waals surface area contributed by atoms with Crippen molar-refractivity contribution in [3.05, 3.63) is 47.9 Å². The minimum atomic E-state index is -0.149. The van der Waals surface area contributed by atoms with Gasteiger partial charge in [0.05, 0.1) is 6.04 Å². The number of benzene rings is 1. The molecule has 1 unspecified atom stereocenters. The van der Waals surface area contributed by atoms with Gasteiger partial charge in [0, 0.05) is 32.6 Å². The molecule has 27 heavy (non-hydrogen) atoms. The Labute approximate surface area is 161 Å². The Kier molecular flexibility index (Phi) is 6.39. The molecule has 0 spiro atoms. The molecule has 148 valence electrons. The van der Waals surface area contributed by atoms with Crippen molar-refractivity contribution in [3.8, 4) is 0 Å². The molecule has 1 amide bonds. The van der Waals surface area contributed by atoms with E-state index in [0.29, 0.717) is 13.0 Å². The number of amides is 1. The van der Waals surface area contributed by atoms with Gasteiger partial charge in [0.25, 0.3) is 0 Å². The third-order valence-corrected chi connectivity index (χ3v) is 5.38. The highest BCUT2D eigenvalue weighted by molar-refractivity contribution is 5.77. The summed E-state index contributed by atoms with van der Waals surface area (Å²) in [6.45, 7) is 8.01. The van der Waals surface area contributed by atoms with E-state index < -0.39 is 0 Å². The Hall–Kier alpha value is -2.05. The van der Waals surface area contributed by atoms with Crippen LogP contribution in [0.1, 0.15) is 25.8 Å². The molecule has 2 aliphatic heterocycles. The highest BCUT2D eigenvalue weighted by Crippen LogP contribution is 2.24. The minimum absolute atomic E-state index is 0.132. The summed E-state index contributed by atoms with van der Waals surface area (Å²) in [4.78, 5) is 17.0. The van der Waals surface area contributed by atoms with Crippen LogP contribution in [0.4, 0.5) is 0 Å². The second-order valence-electron chi connectivity index (χ2n) is 8.12. The maximum absolute atomic E-state index is 12.6. The molecular formula is C21H31N3O3. The van der Waals surface area contributed by atoms with E-state index in [9.17, 15) is 4.79 Å². The molecule has 0 aromatic heterocycles. The van der Waals surface area contributed by atoms with Gasteiger partial charge in [-0.05, 0) is 23.9 Å². The standard InChI is InChI=1S/C21H31N3O3/c1-21(2,15-22)13-20(25)24-10-8-23(9-11-24)18(19-14-26-16-27-19)12-17-6-4-3-5-7-17/h3-7,14,18H,8-13,15-16,22H2,1-2H3. The number of rotatable bonds is 7. The summed E-state index contributed by atoms with van der Waals surface area (Å²) >= 11 is 0. The molecule has 2 aliphatic rings. The highest BCUT2D eigenvalue weighted by atomic mass is 16.7. The quantitative estimate of drug-likeness (QED) is 0.791. The number of nitrogens with two attached hydrogens (primary N) is 1. The first-order valence-electron chi connectivity index (χ1n) is 9.69. The lowest BCUT2D eigenvalue weighted by atomic mass is 9.89. The van der Waals surface area contributed by atoms with Gasteiger partial charge in [0.15, 0.2) is 5.76 Å². The Bertz CT molecular complexity index is 652. The molecule has 0 radical (unpaired) electrons. The fourth-order valence-electron chi connectivity index (χ4n) is 3.55. The number of hydrogen-bond acceptors (Lipinski definition) is 5. The van der Waals surface area contributed by atoms with Gasteiger partial charge >= 0.3 is 0 Å². The molecule has 6 heteroatoms. The zero-order valence-electron chi connectivity index (χ0n) is 16.4. The summed E-state index contributed by atoms with van der Waals surface area (Å²) in [6.07, 6.45) is 3.10. The Balaban J connectivity index is 1.61. The van der Waals surface area contributed by atoms with Gasteiger partial charge in [-0.3, -0.25) is 9.69 Å². The summed E-state index contributed by atoms with van der Waals surface area (Å²) in [7, 11) is 0. The Morgan fingerprint density at radius 1 is 1.19 bits per heavy atom. The highest BCUT2D eigenvalue weighted by Gasteiger charge is 2.32. The van der Waals surface area contributed by atoms with E-state index in [1.165, 1.54) is 5.56 Å². The number of piperazine rings is 1. The van der Waals surface area contributed by atoms with Crippen LogP contribution < -0.4 is 5.73 Å². The zero-order chi connectivity index (χ0) is 19.3. The summed E-state index contributed by atoms with van der Waals surface area (Å²) in [5, 5.41) is 0. The SMILES string of the molecule is CC(C)(CN)CC(=O)N1CCN(C(Cc2ccccc2)C2=COCO2)CC1. The van der Waals surface area contributed by atoms with Crippen molar-refractivity contribution in [2.45, 2.75) is 32.7 Å². The van der Waals surface area contributed by atoms with Crippen molar-refractivity contribution in [2.24, 2.45) is 11.1 Å². The molecule has 6 nitrogen and oxygen atoms in total. The van der Waals surface area contributed by atoms with Gasteiger partial charge in [-0.2, -0.15) is 0 Å². The number of carbonyl (C=O) groups is 1. The molecule has 0 aliphatic carbocycles. The first-order valence-corrected chi connectivity index (χ1v) is 9.69. The van der Waals surface area contributed by atoms with Gasteiger partial charge in [-0.1, -0.05) is 44.2 Å². The third kappa shape index (κ3) is 5.23. The molecule has 1 saturated heterocycles. The molecule has 1 aromatic rings. The van der Waals surface area contributed by atoms with Crippen molar-refractivity contribution in [1.29, 1.82) is 0 Å². The van der Waals surface area contributed by atoms with Crippen molar-refractivity contribution in [2.75, 3.05) is 39.5 Å². The van der Waals surface area contributed by atoms with Crippen LogP contribution in [0.2, 0.25) is 0 Å². The fourth-order valence-corrected chi connectivity index (χ4v) is 3.55. The summed E-state index contributed by atoms with van der Waals surface area (Å²) < 4.78 is 11.0. The van der Waals surface area contributed by atoms with Gasteiger partial charge in [0.2, 0.25) is 12.7 Å². The van der Waals surface area contributed by atoms with E-state index in [-0.39, 0.29) is 24.2 Å². The van der Waals surface area contributed by atoms with Crippen LogP contribution in [0, 0.1) is 5.41 Å². The Morgan fingerprint density at radius 3 is 2.48 bits per heavy atom. The number of nitrogens with zero attached hydrogens (tertiary/aromatic N) is 2. The molecule has 1 aromatic carbocycles. The van der Waals surface area contributed by atoms with E-state index in [0.717, 1.165) is 38.4 Å². The second-order valence-corrected chi connectivity index (χ2v) is 8.12. The lowest BCUT2D eigenvalue weighted by Crippen LogP contribution is -2.53. The van der Waals surface area contributed by atoms with Crippen molar-refractivity contribution >= 4 is 5.91 Å². The molecule has 2 heterocycles. The van der Waals surface area contributed by atoms with Crippen LogP contribution in [0.25, 0.3) is 0 Å². The van der Waals surface area contributed by atoms with Gasteiger partial charge < -0.3 is 20.1 Å². The maximum atomic E-state index is 12.6. The molecule has 1 fully saturated rings. The van der Waals surface area contributed by atoms with E-state index in [2.05, 4.69) is 29.2 Å². The zero-order valence-corrected chi connectivity index (χ0v) is 16.4.